The highest BCUT2D eigenvalue weighted by Crippen LogP contribution is 2.19. The minimum Gasteiger partial charge on any atom is -0.445 e. The Labute approximate surface area is 130 Å². The van der Waals surface area contributed by atoms with Gasteiger partial charge in [-0.05, 0) is 41.7 Å². The van der Waals surface area contributed by atoms with Gasteiger partial charge in [0, 0.05) is 18.8 Å². The summed E-state index contributed by atoms with van der Waals surface area (Å²) < 4.78 is 5.41. The van der Waals surface area contributed by atoms with Gasteiger partial charge in [0.05, 0.1) is 0 Å². The van der Waals surface area contributed by atoms with E-state index >= 15 is 0 Å². The van der Waals surface area contributed by atoms with Crippen LogP contribution in [0.15, 0.2) is 48.5 Å². The van der Waals surface area contributed by atoms with E-state index in [4.69, 9.17) is 10.5 Å². The third-order valence-electron chi connectivity index (χ3n) is 4.00. The standard InChI is InChI=1S/C18H20N2O2/c19-17-7-6-15-8-10-20(11-9-16(15)12-17)18(21)22-13-14-4-2-1-3-5-14/h1-7,12H,8-11,13,19H2. The van der Waals surface area contributed by atoms with Crippen LogP contribution in [-0.4, -0.2) is 24.1 Å². The van der Waals surface area contributed by atoms with Crippen LogP contribution >= 0.6 is 0 Å². The van der Waals surface area contributed by atoms with Gasteiger partial charge in [-0.25, -0.2) is 4.79 Å². The molecule has 1 aliphatic rings. The summed E-state index contributed by atoms with van der Waals surface area (Å²) in [5.74, 6) is 0. The summed E-state index contributed by atoms with van der Waals surface area (Å²) in [4.78, 5) is 14.0. The molecule has 0 radical (unpaired) electrons. The predicted octanol–water partition coefficient (Wildman–Crippen LogP) is 3.01. The van der Waals surface area contributed by atoms with Crippen LogP contribution in [0.5, 0.6) is 0 Å². The smallest absolute Gasteiger partial charge is 0.410 e. The molecule has 0 fully saturated rings. The van der Waals surface area contributed by atoms with Gasteiger partial charge in [0.2, 0.25) is 0 Å². The second-order valence-electron chi connectivity index (χ2n) is 5.56. The Morgan fingerprint density at radius 3 is 2.55 bits per heavy atom. The van der Waals surface area contributed by atoms with Crippen LogP contribution in [-0.2, 0) is 24.2 Å². The highest BCUT2D eigenvalue weighted by Gasteiger charge is 2.19. The van der Waals surface area contributed by atoms with Crippen molar-refractivity contribution in [2.24, 2.45) is 0 Å². The number of nitrogens with zero attached hydrogens (tertiary/aromatic N) is 1. The number of rotatable bonds is 2. The van der Waals surface area contributed by atoms with E-state index in [0.29, 0.717) is 19.7 Å². The van der Waals surface area contributed by atoms with Crippen molar-refractivity contribution in [2.75, 3.05) is 18.8 Å². The van der Waals surface area contributed by atoms with Crippen LogP contribution < -0.4 is 5.73 Å². The lowest BCUT2D eigenvalue weighted by atomic mass is 10.0. The maximum Gasteiger partial charge on any atom is 0.410 e. The second-order valence-corrected chi connectivity index (χ2v) is 5.56. The molecular formula is C18H20N2O2. The Balaban J connectivity index is 1.59. The van der Waals surface area contributed by atoms with Gasteiger partial charge in [-0.1, -0.05) is 36.4 Å². The number of carbonyl (C=O) groups excluding carboxylic acids is 1. The van der Waals surface area contributed by atoms with E-state index in [2.05, 4.69) is 6.07 Å². The summed E-state index contributed by atoms with van der Waals surface area (Å²) in [6.45, 7) is 1.67. The minimum absolute atomic E-state index is 0.246. The third kappa shape index (κ3) is 3.39. The van der Waals surface area contributed by atoms with Gasteiger partial charge in [0.15, 0.2) is 0 Å². The van der Waals surface area contributed by atoms with Crippen LogP contribution in [0.4, 0.5) is 10.5 Å². The summed E-state index contributed by atoms with van der Waals surface area (Å²) in [5.41, 5.74) is 10.1. The second kappa shape index (κ2) is 6.52. The fourth-order valence-electron chi connectivity index (χ4n) is 2.74. The van der Waals surface area contributed by atoms with Gasteiger partial charge >= 0.3 is 6.09 Å². The summed E-state index contributed by atoms with van der Waals surface area (Å²) in [5, 5.41) is 0. The average molecular weight is 296 g/mol. The van der Waals surface area contributed by atoms with Crippen molar-refractivity contribution in [3.63, 3.8) is 0 Å². The highest BCUT2D eigenvalue weighted by atomic mass is 16.6. The molecule has 0 saturated carbocycles. The molecule has 2 aromatic carbocycles. The molecule has 0 aliphatic carbocycles. The van der Waals surface area contributed by atoms with Crippen LogP contribution in [0.1, 0.15) is 16.7 Å². The third-order valence-corrected chi connectivity index (χ3v) is 4.00. The molecule has 1 aliphatic heterocycles. The van der Waals surface area contributed by atoms with E-state index < -0.39 is 0 Å². The molecule has 0 saturated heterocycles. The Bertz CT molecular complexity index is 655. The molecule has 22 heavy (non-hydrogen) atoms. The van der Waals surface area contributed by atoms with Crippen molar-refractivity contribution < 1.29 is 9.53 Å². The molecule has 2 aromatic rings. The number of nitrogens with two attached hydrogens (primary N) is 1. The van der Waals surface area contributed by atoms with Crippen molar-refractivity contribution in [1.29, 1.82) is 0 Å². The molecule has 1 amide bonds. The molecule has 3 rings (SSSR count). The zero-order valence-corrected chi connectivity index (χ0v) is 12.5. The van der Waals surface area contributed by atoms with E-state index in [1.165, 1.54) is 11.1 Å². The summed E-state index contributed by atoms with van der Waals surface area (Å²) in [6.07, 6.45) is 1.42. The van der Waals surface area contributed by atoms with Gasteiger partial charge < -0.3 is 15.4 Å². The molecule has 0 aromatic heterocycles. The van der Waals surface area contributed by atoms with Crippen LogP contribution in [0.3, 0.4) is 0 Å². The van der Waals surface area contributed by atoms with Crippen LogP contribution in [0, 0.1) is 0 Å². The number of benzene rings is 2. The van der Waals surface area contributed by atoms with Crippen molar-refractivity contribution in [2.45, 2.75) is 19.4 Å². The molecule has 0 spiro atoms. The van der Waals surface area contributed by atoms with Crippen molar-refractivity contribution in [3.8, 4) is 0 Å². The van der Waals surface area contributed by atoms with E-state index in [1.54, 1.807) is 4.90 Å². The zero-order chi connectivity index (χ0) is 15.4. The Hall–Kier alpha value is -2.49. The molecule has 4 heteroatoms. The number of amides is 1. The Morgan fingerprint density at radius 1 is 1.05 bits per heavy atom. The quantitative estimate of drug-likeness (QED) is 0.867. The van der Waals surface area contributed by atoms with Gasteiger partial charge in [0.25, 0.3) is 0 Å². The normalized spacial score (nSPS) is 14.1. The van der Waals surface area contributed by atoms with Gasteiger partial charge in [-0.15, -0.1) is 0 Å². The van der Waals surface area contributed by atoms with E-state index in [1.807, 2.05) is 42.5 Å². The topological polar surface area (TPSA) is 55.6 Å². The molecule has 0 unspecified atom stereocenters. The Morgan fingerprint density at radius 2 is 1.77 bits per heavy atom. The maximum atomic E-state index is 12.2. The fraction of sp³-hybridized carbons (Fsp3) is 0.278. The molecular weight excluding hydrogens is 276 g/mol. The lowest BCUT2D eigenvalue weighted by molar-refractivity contribution is 0.0977. The molecule has 4 nitrogen and oxygen atoms in total. The molecule has 114 valence electrons. The lowest BCUT2D eigenvalue weighted by Crippen LogP contribution is -2.33. The number of anilines is 1. The lowest BCUT2D eigenvalue weighted by Gasteiger charge is -2.19. The van der Waals surface area contributed by atoms with E-state index in [-0.39, 0.29) is 6.09 Å². The summed E-state index contributed by atoms with van der Waals surface area (Å²) >= 11 is 0. The molecule has 1 heterocycles. The van der Waals surface area contributed by atoms with Crippen molar-refractivity contribution in [3.05, 3.63) is 65.2 Å². The fourth-order valence-corrected chi connectivity index (χ4v) is 2.74. The van der Waals surface area contributed by atoms with Gasteiger partial charge in [0.1, 0.15) is 6.61 Å². The summed E-state index contributed by atoms with van der Waals surface area (Å²) in [7, 11) is 0. The molecule has 0 atom stereocenters. The maximum absolute atomic E-state index is 12.2. The number of nitrogen functional groups attached to an aromatic ring is 1. The number of ether oxygens (including phenoxy) is 1. The van der Waals surface area contributed by atoms with Crippen molar-refractivity contribution >= 4 is 11.8 Å². The van der Waals surface area contributed by atoms with E-state index in [9.17, 15) is 4.79 Å². The minimum atomic E-state index is -0.246. The first-order valence-electron chi connectivity index (χ1n) is 7.55. The summed E-state index contributed by atoms with van der Waals surface area (Å²) in [6, 6.07) is 15.7. The van der Waals surface area contributed by atoms with Crippen LogP contribution in [0.2, 0.25) is 0 Å². The first-order valence-corrected chi connectivity index (χ1v) is 7.55. The first-order chi connectivity index (χ1) is 10.7. The monoisotopic (exact) mass is 296 g/mol. The number of hydrogen-bond acceptors (Lipinski definition) is 3. The molecule has 2 N–H and O–H groups in total. The zero-order valence-electron chi connectivity index (χ0n) is 12.5. The van der Waals surface area contributed by atoms with Crippen molar-refractivity contribution in [1.82, 2.24) is 4.90 Å². The molecule has 0 bridgehead atoms. The van der Waals surface area contributed by atoms with Gasteiger partial charge in [-0.3, -0.25) is 0 Å². The Kier molecular flexibility index (Phi) is 4.28. The SMILES string of the molecule is Nc1ccc2c(c1)CCN(C(=O)OCc1ccccc1)CC2. The van der Waals surface area contributed by atoms with Crippen LogP contribution in [0.25, 0.3) is 0 Å². The number of carbonyl (C=O) groups is 1. The predicted molar refractivity (Wildman–Crippen MR) is 86.5 cm³/mol. The van der Waals surface area contributed by atoms with E-state index in [0.717, 1.165) is 24.1 Å². The highest BCUT2D eigenvalue weighted by molar-refractivity contribution is 5.68. The largest absolute Gasteiger partial charge is 0.445 e. The number of fused-ring (bicyclic) bond motifs is 1. The number of hydrogen-bond donors (Lipinski definition) is 1. The first kappa shape index (κ1) is 14.4. The van der Waals surface area contributed by atoms with Gasteiger partial charge in [-0.2, -0.15) is 0 Å². The average Bonchev–Trinajstić information content (AvgIpc) is 2.76.